The predicted molar refractivity (Wildman–Crippen MR) is 144 cm³/mol. The van der Waals surface area contributed by atoms with Crippen molar-refractivity contribution in [3.63, 3.8) is 0 Å². The van der Waals surface area contributed by atoms with Crippen LogP contribution in [0.15, 0.2) is 65.8 Å². The zero-order valence-electron chi connectivity index (χ0n) is 19.6. The highest BCUT2D eigenvalue weighted by molar-refractivity contribution is 7.98. The van der Waals surface area contributed by atoms with Crippen molar-refractivity contribution in [2.45, 2.75) is 38.2 Å². The van der Waals surface area contributed by atoms with Crippen molar-refractivity contribution in [2.75, 3.05) is 5.32 Å². The molecule has 6 nitrogen and oxygen atoms in total. The maximum absolute atomic E-state index is 12.6. The van der Waals surface area contributed by atoms with E-state index in [1.165, 1.54) is 11.1 Å². The van der Waals surface area contributed by atoms with Gasteiger partial charge in [-0.15, -0.1) is 10.2 Å². The summed E-state index contributed by atoms with van der Waals surface area (Å²) in [5.74, 6) is 1.25. The van der Waals surface area contributed by atoms with Crippen LogP contribution >= 0.6 is 35.0 Å². The van der Waals surface area contributed by atoms with E-state index < -0.39 is 0 Å². The molecule has 180 valence electrons. The van der Waals surface area contributed by atoms with E-state index in [9.17, 15) is 4.79 Å². The molecule has 9 heteroatoms. The van der Waals surface area contributed by atoms with Gasteiger partial charge in [0, 0.05) is 16.5 Å². The molecule has 3 aromatic carbocycles. The third-order valence-electron chi connectivity index (χ3n) is 5.50. The van der Waals surface area contributed by atoms with E-state index in [1.54, 1.807) is 30.0 Å². The van der Waals surface area contributed by atoms with Crippen molar-refractivity contribution in [1.29, 1.82) is 0 Å². The van der Waals surface area contributed by atoms with Gasteiger partial charge in [0.1, 0.15) is 0 Å². The van der Waals surface area contributed by atoms with Crippen LogP contribution < -0.4 is 10.6 Å². The van der Waals surface area contributed by atoms with E-state index in [4.69, 9.17) is 23.2 Å². The number of halogens is 2. The molecule has 1 heterocycles. The highest BCUT2D eigenvalue weighted by Crippen LogP contribution is 2.31. The zero-order valence-corrected chi connectivity index (χ0v) is 21.9. The Hall–Kier alpha value is -3.00. The number of nitrogens with zero attached hydrogens (tertiary/aromatic N) is 3. The monoisotopic (exact) mass is 525 g/mol. The van der Waals surface area contributed by atoms with Crippen LogP contribution in [0.3, 0.4) is 0 Å². The number of rotatable bonds is 7. The lowest BCUT2D eigenvalue weighted by Gasteiger charge is -2.14. The summed E-state index contributed by atoms with van der Waals surface area (Å²) < 4.78 is 1.84. The summed E-state index contributed by atoms with van der Waals surface area (Å²) in [6.07, 6.45) is 0. The van der Waals surface area contributed by atoms with Gasteiger partial charge in [0.15, 0.2) is 11.0 Å². The van der Waals surface area contributed by atoms with Crippen LogP contribution in [0.25, 0.3) is 5.69 Å². The first-order valence-electron chi connectivity index (χ1n) is 11.0. The summed E-state index contributed by atoms with van der Waals surface area (Å²) in [7, 11) is 0. The zero-order chi connectivity index (χ0) is 24.9. The van der Waals surface area contributed by atoms with Gasteiger partial charge in [-0.05, 0) is 61.7 Å². The second kappa shape index (κ2) is 11.2. The van der Waals surface area contributed by atoms with Gasteiger partial charge < -0.3 is 10.6 Å². The van der Waals surface area contributed by atoms with E-state index in [-0.39, 0.29) is 12.6 Å². The van der Waals surface area contributed by atoms with Gasteiger partial charge in [-0.25, -0.2) is 4.79 Å². The van der Waals surface area contributed by atoms with Crippen molar-refractivity contribution in [1.82, 2.24) is 20.1 Å². The highest BCUT2D eigenvalue weighted by atomic mass is 35.5. The smallest absolute Gasteiger partial charge is 0.319 e. The lowest BCUT2D eigenvalue weighted by atomic mass is 10.1. The molecule has 2 amide bonds. The Morgan fingerprint density at radius 2 is 1.77 bits per heavy atom. The van der Waals surface area contributed by atoms with Gasteiger partial charge in [-0.2, -0.15) is 0 Å². The number of aromatic nitrogens is 3. The van der Waals surface area contributed by atoms with Gasteiger partial charge in [0.05, 0.1) is 17.3 Å². The van der Waals surface area contributed by atoms with Crippen molar-refractivity contribution in [3.05, 3.63) is 98.8 Å². The summed E-state index contributed by atoms with van der Waals surface area (Å²) in [5.41, 5.74) is 5.94. The van der Waals surface area contributed by atoms with E-state index in [1.807, 2.05) is 48.7 Å². The molecule has 1 aromatic heterocycles. The minimum Gasteiger partial charge on any atom is -0.331 e. The maximum Gasteiger partial charge on any atom is 0.319 e. The topological polar surface area (TPSA) is 71.8 Å². The summed E-state index contributed by atoms with van der Waals surface area (Å²) in [5, 5.41) is 16.2. The number of hydrogen-bond donors (Lipinski definition) is 2. The maximum atomic E-state index is 12.6. The van der Waals surface area contributed by atoms with Gasteiger partial charge in [0.2, 0.25) is 0 Å². The normalized spacial score (nSPS) is 10.9. The molecule has 0 aliphatic rings. The van der Waals surface area contributed by atoms with Crippen LogP contribution in [0.2, 0.25) is 10.0 Å². The number of aryl methyl sites for hydroxylation is 3. The number of nitrogens with one attached hydrogen (secondary N) is 2. The van der Waals surface area contributed by atoms with Crippen LogP contribution in [0, 0.1) is 20.8 Å². The van der Waals surface area contributed by atoms with Crippen LogP contribution in [0.1, 0.15) is 28.1 Å². The first-order chi connectivity index (χ1) is 16.8. The summed E-state index contributed by atoms with van der Waals surface area (Å²) in [6.45, 7) is 6.20. The molecular weight excluding hydrogens is 501 g/mol. The van der Waals surface area contributed by atoms with Gasteiger partial charge in [-0.3, -0.25) is 4.57 Å². The lowest BCUT2D eigenvalue weighted by Crippen LogP contribution is -2.29. The molecule has 0 saturated heterocycles. The Morgan fingerprint density at radius 3 is 2.54 bits per heavy atom. The molecular formula is C26H25Cl2N5OS. The Balaban J connectivity index is 1.57. The largest absolute Gasteiger partial charge is 0.331 e. The van der Waals surface area contributed by atoms with E-state index in [0.717, 1.165) is 16.8 Å². The van der Waals surface area contributed by atoms with Gasteiger partial charge in [-0.1, -0.05) is 76.9 Å². The fraction of sp³-hybridized carbons (Fsp3) is 0.192. The highest BCUT2D eigenvalue weighted by Gasteiger charge is 2.18. The van der Waals surface area contributed by atoms with Gasteiger partial charge in [0.25, 0.3) is 0 Å². The summed E-state index contributed by atoms with van der Waals surface area (Å²) >= 11 is 14.4. The molecule has 0 radical (unpaired) electrons. The average molecular weight is 526 g/mol. The van der Waals surface area contributed by atoms with E-state index in [0.29, 0.717) is 32.5 Å². The molecule has 4 aromatic rings. The molecule has 0 atom stereocenters. The van der Waals surface area contributed by atoms with Crippen LogP contribution in [0.4, 0.5) is 10.5 Å². The second-order valence-corrected chi connectivity index (χ2v) is 9.96. The predicted octanol–water partition coefficient (Wildman–Crippen LogP) is 7.11. The lowest BCUT2D eigenvalue weighted by molar-refractivity contribution is 0.251. The Kier molecular flexibility index (Phi) is 8.00. The fourth-order valence-corrected chi connectivity index (χ4v) is 5.01. The third-order valence-corrected chi connectivity index (χ3v) is 7.04. The SMILES string of the molecule is Cc1ccc(NC(=O)NCc2nnc(SCc3ccccc3C)n2-c2cc(Cl)ccc2Cl)c(C)c1. The number of urea groups is 1. The first-order valence-corrected chi connectivity index (χ1v) is 12.7. The van der Waals surface area contributed by atoms with Gasteiger partial charge >= 0.3 is 6.03 Å². The molecule has 2 N–H and O–H groups in total. The van der Waals surface area contributed by atoms with Crippen molar-refractivity contribution < 1.29 is 4.79 Å². The van der Waals surface area contributed by atoms with E-state index in [2.05, 4.69) is 39.9 Å². The fourth-order valence-electron chi connectivity index (χ4n) is 3.60. The molecule has 0 spiro atoms. The molecule has 0 saturated carbocycles. The minimum absolute atomic E-state index is 0.150. The number of amides is 2. The number of hydrogen-bond acceptors (Lipinski definition) is 4. The average Bonchev–Trinajstić information content (AvgIpc) is 3.23. The first kappa shape index (κ1) is 25.1. The minimum atomic E-state index is -0.335. The standard InChI is InChI=1S/C26H25Cl2N5OS/c1-16-8-11-22(18(3)12-16)30-25(34)29-14-24-31-32-26(35-15-19-7-5-4-6-17(19)2)33(24)23-13-20(27)9-10-21(23)28/h4-13H,14-15H2,1-3H3,(H2,29,30,34). The molecule has 0 bridgehead atoms. The number of benzene rings is 3. The molecule has 0 fully saturated rings. The molecule has 0 aliphatic heterocycles. The Labute approximate surface area is 219 Å². The number of carbonyl (C=O) groups is 1. The Bertz CT molecular complexity index is 1370. The van der Waals surface area contributed by atoms with Crippen LogP contribution in [-0.4, -0.2) is 20.8 Å². The van der Waals surface area contributed by atoms with Crippen LogP contribution in [0.5, 0.6) is 0 Å². The molecule has 4 rings (SSSR count). The number of carbonyl (C=O) groups excluding carboxylic acids is 1. The van der Waals surface area contributed by atoms with Crippen molar-refractivity contribution in [2.24, 2.45) is 0 Å². The quantitative estimate of drug-likeness (QED) is 0.252. The summed E-state index contributed by atoms with van der Waals surface area (Å²) in [4.78, 5) is 12.6. The second-order valence-electron chi connectivity index (χ2n) is 8.17. The molecule has 0 aliphatic carbocycles. The van der Waals surface area contributed by atoms with Crippen molar-refractivity contribution in [3.8, 4) is 5.69 Å². The molecule has 35 heavy (non-hydrogen) atoms. The number of anilines is 1. The number of thioether (sulfide) groups is 1. The van der Waals surface area contributed by atoms with E-state index >= 15 is 0 Å². The Morgan fingerprint density at radius 1 is 0.971 bits per heavy atom. The van der Waals surface area contributed by atoms with Crippen LogP contribution in [-0.2, 0) is 12.3 Å². The third kappa shape index (κ3) is 6.17. The van der Waals surface area contributed by atoms with Crippen molar-refractivity contribution >= 4 is 46.7 Å². The summed E-state index contributed by atoms with van der Waals surface area (Å²) in [6, 6.07) is 19.0. The molecule has 0 unspecified atom stereocenters.